The van der Waals surface area contributed by atoms with Gasteiger partial charge in [0.05, 0.1) is 0 Å². The number of hydrogen-bond donors (Lipinski definition) is 1. The molecule has 0 aliphatic rings. The van der Waals surface area contributed by atoms with Gasteiger partial charge in [-0.1, -0.05) is 41.0 Å². The highest BCUT2D eigenvalue weighted by Gasteiger charge is 1.56. The van der Waals surface area contributed by atoms with E-state index in [4.69, 9.17) is 5.73 Å². The summed E-state index contributed by atoms with van der Waals surface area (Å²) in [5.74, 6) is 0. The molecule has 0 rings (SSSR count). The first-order valence-corrected chi connectivity index (χ1v) is 3.03. The smallest absolute Gasteiger partial charge is 0 e. The third kappa shape index (κ3) is 277. The maximum absolute atomic E-state index is 4.85. The minimum Gasteiger partial charge on any atom is -0.331 e. The zero-order valence-electron chi connectivity index (χ0n) is 6.28. The molecule has 0 heterocycles. The van der Waals surface area contributed by atoms with Gasteiger partial charge in [-0.15, -0.1) is 0 Å². The predicted molar refractivity (Wildman–Crippen MR) is 47.8 cm³/mol. The van der Waals surface area contributed by atoms with Crippen LogP contribution in [0.2, 0.25) is 0 Å². The average Bonchev–Trinajstić information content (AvgIpc) is 1.69. The Labute approximate surface area is 62.6 Å². The Bertz CT molecular complexity index is 16.4. The summed E-state index contributed by atoms with van der Waals surface area (Å²) in [4.78, 5) is 0. The Morgan fingerprint density at radius 1 is 1.00 bits per heavy atom. The van der Waals surface area contributed by atoms with Gasteiger partial charge in [0.25, 0.3) is 0 Å². The van der Waals surface area contributed by atoms with Gasteiger partial charge in [0.1, 0.15) is 0 Å². The van der Waals surface area contributed by atoms with Crippen LogP contribution in [0.4, 0.5) is 0 Å². The van der Waals surface area contributed by atoms with E-state index in [1.165, 1.54) is 12.8 Å². The van der Waals surface area contributed by atoms with Crippen molar-refractivity contribution in [2.24, 2.45) is 5.73 Å². The zero-order chi connectivity index (χ0) is 6.12. The molecule has 0 saturated carbocycles. The molecule has 0 aromatic heterocycles. The van der Waals surface area contributed by atoms with Crippen LogP contribution in [0.25, 0.3) is 0 Å². The Balaban J connectivity index is -0.0000000233. The monoisotopic (exact) mass is 130 g/mol. The molecule has 0 amide bonds. The lowest BCUT2D eigenvalue weighted by atomic mass is 10.4. The molecule has 0 aliphatic heterocycles. The second kappa shape index (κ2) is 43.3. The van der Waals surface area contributed by atoms with Gasteiger partial charge >= 0.3 is 0 Å². The third-order valence-electron chi connectivity index (χ3n) is 0.500. The van der Waals surface area contributed by atoms with Crippen LogP contribution in [-0.4, -0.2) is 15.0 Å². The van der Waals surface area contributed by atoms with Crippen molar-refractivity contribution in [3.63, 3.8) is 0 Å². The quantitative estimate of drug-likeness (QED) is 0.540. The van der Waals surface area contributed by atoms with E-state index in [1.807, 2.05) is 6.92 Å². The molecule has 0 aromatic rings. The van der Waals surface area contributed by atoms with Crippen molar-refractivity contribution in [3.05, 3.63) is 0 Å². The van der Waals surface area contributed by atoms with Gasteiger partial charge in [0.15, 0.2) is 0 Å². The molecule has 0 aromatic carbocycles. The first kappa shape index (κ1) is 23.0. The summed E-state index contributed by atoms with van der Waals surface area (Å²) < 4.78 is 0. The van der Waals surface area contributed by atoms with Crippen molar-refractivity contribution in [1.29, 1.82) is 0 Å². The summed E-state index contributed by atoms with van der Waals surface area (Å²) in [5.41, 5.74) is 4.85. The SMILES string of the molecule is C.CCCC.CCN.[B]. The molecular formula is C7H21BN. The van der Waals surface area contributed by atoms with E-state index >= 15 is 0 Å². The van der Waals surface area contributed by atoms with E-state index in [0.29, 0.717) is 0 Å². The molecular weight excluding hydrogens is 109 g/mol. The highest BCUT2D eigenvalue weighted by atomic mass is 14.5. The van der Waals surface area contributed by atoms with E-state index in [0.717, 1.165) is 6.54 Å². The standard InChI is InChI=1S/C4H10.C2H7N.CH4.B/c1-3-4-2;1-2-3;;/h3-4H2,1-2H3;2-3H2,1H3;1H4;. The molecule has 1 nitrogen and oxygen atoms in total. The summed E-state index contributed by atoms with van der Waals surface area (Å²) in [6, 6.07) is 0. The highest BCUT2D eigenvalue weighted by molar-refractivity contribution is 5.75. The summed E-state index contributed by atoms with van der Waals surface area (Å²) in [6.07, 6.45) is 2.64. The molecule has 0 bridgehead atoms. The van der Waals surface area contributed by atoms with Crippen molar-refractivity contribution in [3.8, 4) is 0 Å². The van der Waals surface area contributed by atoms with Crippen molar-refractivity contribution in [1.82, 2.24) is 0 Å². The molecule has 3 radical (unpaired) electrons. The van der Waals surface area contributed by atoms with E-state index in [9.17, 15) is 0 Å². The van der Waals surface area contributed by atoms with Gasteiger partial charge < -0.3 is 5.73 Å². The molecule has 0 spiro atoms. The second-order valence-corrected chi connectivity index (χ2v) is 1.41. The van der Waals surface area contributed by atoms with Crippen molar-refractivity contribution in [2.75, 3.05) is 6.54 Å². The lowest BCUT2D eigenvalue weighted by molar-refractivity contribution is 0.886. The fourth-order valence-electron chi connectivity index (χ4n) is 0. The number of rotatable bonds is 1. The fourth-order valence-corrected chi connectivity index (χ4v) is 0. The van der Waals surface area contributed by atoms with Crippen LogP contribution in [0, 0.1) is 0 Å². The minimum atomic E-state index is 0. The lowest BCUT2D eigenvalue weighted by Gasteiger charge is -1.68. The van der Waals surface area contributed by atoms with Crippen LogP contribution < -0.4 is 5.73 Å². The first-order chi connectivity index (χ1) is 3.33. The molecule has 0 saturated heterocycles. The van der Waals surface area contributed by atoms with Gasteiger partial charge in [-0.2, -0.15) is 0 Å². The number of hydrogen-bond acceptors (Lipinski definition) is 1. The first-order valence-electron chi connectivity index (χ1n) is 3.03. The van der Waals surface area contributed by atoms with Gasteiger partial charge in [0.2, 0.25) is 0 Å². The van der Waals surface area contributed by atoms with Crippen LogP contribution in [0.1, 0.15) is 41.0 Å². The van der Waals surface area contributed by atoms with Gasteiger partial charge in [-0.3, -0.25) is 0 Å². The Morgan fingerprint density at radius 3 is 1.11 bits per heavy atom. The van der Waals surface area contributed by atoms with Gasteiger partial charge in [-0.25, -0.2) is 0 Å². The fraction of sp³-hybridized carbons (Fsp3) is 1.00. The molecule has 0 unspecified atom stereocenters. The minimum absolute atomic E-state index is 0. The highest BCUT2D eigenvalue weighted by Crippen LogP contribution is 1.76. The van der Waals surface area contributed by atoms with Crippen LogP contribution in [0.3, 0.4) is 0 Å². The van der Waals surface area contributed by atoms with Crippen LogP contribution in [0.5, 0.6) is 0 Å². The Hall–Kier alpha value is 0.0249. The topological polar surface area (TPSA) is 26.0 Å². The molecule has 2 N–H and O–H groups in total. The van der Waals surface area contributed by atoms with E-state index < -0.39 is 0 Å². The van der Waals surface area contributed by atoms with E-state index in [2.05, 4.69) is 13.8 Å². The maximum atomic E-state index is 4.85. The van der Waals surface area contributed by atoms with E-state index in [-0.39, 0.29) is 15.8 Å². The van der Waals surface area contributed by atoms with E-state index in [1.54, 1.807) is 0 Å². The molecule has 2 heteroatoms. The second-order valence-electron chi connectivity index (χ2n) is 1.41. The maximum Gasteiger partial charge on any atom is 0 e. The molecule has 0 fully saturated rings. The number of nitrogens with two attached hydrogens (primary N) is 1. The van der Waals surface area contributed by atoms with Gasteiger partial charge in [0, 0.05) is 8.41 Å². The zero-order valence-corrected chi connectivity index (χ0v) is 6.28. The molecule has 0 aliphatic carbocycles. The summed E-state index contributed by atoms with van der Waals surface area (Å²) in [6.45, 7) is 7.01. The lowest BCUT2D eigenvalue weighted by Crippen LogP contribution is -1.87. The largest absolute Gasteiger partial charge is 0.331 e. The normalized spacial score (nSPS) is 5.33. The summed E-state index contributed by atoms with van der Waals surface area (Å²) >= 11 is 0. The van der Waals surface area contributed by atoms with Crippen molar-refractivity contribution < 1.29 is 0 Å². The van der Waals surface area contributed by atoms with Gasteiger partial charge in [-0.05, 0) is 6.54 Å². The molecule has 57 valence electrons. The van der Waals surface area contributed by atoms with Crippen molar-refractivity contribution in [2.45, 2.75) is 41.0 Å². The summed E-state index contributed by atoms with van der Waals surface area (Å²) in [5, 5.41) is 0. The number of unbranched alkanes of at least 4 members (excludes halogenated alkanes) is 1. The van der Waals surface area contributed by atoms with Crippen LogP contribution >= 0.6 is 0 Å². The molecule has 0 atom stereocenters. The Kier molecular flexibility index (Phi) is 111. The average molecular weight is 130 g/mol. The summed E-state index contributed by atoms with van der Waals surface area (Å²) in [7, 11) is 0. The van der Waals surface area contributed by atoms with Crippen LogP contribution in [0.15, 0.2) is 0 Å². The van der Waals surface area contributed by atoms with Crippen molar-refractivity contribution >= 4 is 8.41 Å². The Morgan fingerprint density at radius 2 is 1.11 bits per heavy atom. The predicted octanol–water partition coefficient (Wildman–Crippen LogP) is 2.03. The van der Waals surface area contributed by atoms with Crippen LogP contribution in [-0.2, 0) is 0 Å². The third-order valence-corrected chi connectivity index (χ3v) is 0.500. The molecule has 9 heavy (non-hydrogen) atoms.